The molecule has 0 aromatic heterocycles. The summed E-state index contributed by atoms with van der Waals surface area (Å²) in [5.41, 5.74) is 3.52. The SMILES string of the molecule is C=CCN(Cc1ccc(C#N)cc1)C(=O)c1ccc(CSCC)cc1. The van der Waals surface area contributed by atoms with Gasteiger partial charge < -0.3 is 4.90 Å². The molecule has 3 nitrogen and oxygen atoms in total. The van der Waals surface area contributed by atoms with Crippen LogP contribution >= 0.6 is 11.8 Å². The van der Waals surface area contributed by atoms with Crippen LogP contribution in [0.25, 0.3) is 0 Å². The highest BCUT2D eigenvalue weighted by atomic mass is 32.2. The molecule has 4 heteroatoms. The van der Waals surface area contributed by atoms with Crippen molar-refractivity contribution in [1.82, 2.24) is 4.90 Å². The number of thioether (sulfide) groups is 1. The van der Waals surface area contributed by atoms with Crippen LogP contribution in [-0.4, -0.2) is 23.1 Å². The molecule has 0 aliphatic carbocycles. The molecule has 0 unspecified atom stereocenters. The lowest BCUT2D eigenvalue weighted by Crippen LogP contribution is -2.30. The first kappa shape index (κ1) is 18.8. The molecule has 0 saturated heterocycles. The minimum atomic E-state index is -0.0149. The molecule has 2 aromatic carbocycles. The Hall–Kier alpha value is -2.51. The van der Waals surface area contributed by atoms with Crippen molar-refractivity contribution in [3.8, 4) is 6.07 Å². The van der Waals surface area contributed by atoms with Crippen LogP contribution in [0.1, 0.15) is 34.0 Å². The first-order valence-corrected chi connectivity index (χ1v) is 9.39. The largest absolute Gasteiger partial charge is 0.331 e. The Bertz CT molecular complexity index is 745. The molecule has 2 rings (SSSR count). The lowest BCUT2D eigenvalue weighted by molar-refractivity contribution is 0.0762. The Labute approximate surface area is 154 Å². The summed E-state index contributed by atoms with van der Waals surface area (Å²) < 4.78 is 0. The molecule has 0 aliphatic heterocycles. The number of hydrogen-bond donors (Lipinski definition) is 0. The fourth-order valence-electron chi connectivity index (χ4n) is 2.43. The van der Waals surface area contributed by atoms with Crippen molar-refractivity contribution in [2.24, 2.45) is 0 Å². The van der Waals surface area contributed by atoms with E-state index in [-0.39, 0.29) is 5.91 Å². The summed E-state index contributed by atoms with van der Waals surface area (Å²) in [4.78, 5) is 14.6. The summed E-state index contributed by atoms with van der Waals surface area (Å²) in [5, 5.41) is 8.88. The normalized spacial score (nSPS) is 10.1. The minimum Gasteiger partial charge on any atom is -0.331 e. The van der Waals surface area contributed by atoms with Gasteiger partial charge in [0, 0.05) is 24.4 Å². The Morgan fingerprint density at radius 2 is 1.80 bits per heavy atom. The number of amides is 1. The van der Waals surface area contributed by atoms with E-state index < -0.39 is 0 Å². The average molecular weight is 350 g/mol. The topological polar surface area (TPSA) is 44.1 Å². The second-order valence-corrected chi connectivity index (χ2v) is 6.89. The summed E-state index contributed by atoms with van der Waals surface area (Å²) >= 11 is 1.86. The van der Waals surface area contributed by atoms with E-state index in [9.17, 15) is 4.79 Å². The fourth-order valence-corrected chi connectivity index (χ4v) is 3.06. The van der Waals surface area contributed by atoms with Crippen molar-refractivity contribution in [3.05, 3.63) is 83.4 Å². The highest BCUT2D eigenvalue weighted by Crippen LogP contribution is 2.15. The summed E-state index contributed by atoms with van der Waals surface area (Å²) in [6.07, 6.45) is 1.73. The maximum Gasteiger partial charge on any atom is 0.254 e. The van der Waals surface area contributed by atoms with Crippen molar-refractivity contribution < 1.29 is 4.79 Å². The van der Waals surface area contributed by atoms with Gasteiger partial charge in [-0.3, -0.25) is 4.79 Å². The summed E-state index contributed by atoms with van der Waals surface area (Å²) in [6, 6.07) is 17.2. The summed E-state index contributed by atoms with van der Waals surface area (Å²) in [7, 11) is 0. The van der Waals surface area contributed by atoms with E-state index in [4.69, 9.17) is 5.26 Å². The Balaban J connectivity index is 2.10. The van der Waals surface area contributed by atoms with E-state index in [1.807, 2.05) is 48.2 Å². The smallest absolute Gasteiger partial charge is 0.254 e. The van der Waals surface area contributed by atoms with Gasteiger partial charge in [-0.1, -0.05) is 37.3 Å². The molecular weight excluding hydrogens is 328 g/mol. The molecular formula is C21H22N2OS. The lowest BCUT2D eigenvalue weighted by atomic mass is 10.1. The van der Waals surface area contributed by atoms with Crippen LogP contribution in [0.3, 0.4) is 0 Å². The molecule has 0 saturated carbocycles. The third-order valence-corrected chi connectivity index (χ3v) is 4.71. The molecule has 0 heterocycles. The van der Waals surface area contributed by atoms with Gasteiger partial charge in [-0.2, -0.15) is 17.0 Å². The molecule has 0 N–H and O–H groups in total. The van der Waals surface area contributed by atoms with Crippen LogP contribution in [0, 0.1) is 11.3 Å². The van der Waals surface area contributed by atoms with Gasteiger partial charge in [-0.25, -0.2) is 0 Å². The van der Waals surface area contributed by atoms with Crippen molar-refractivity contribution in [1.29, 1.82) is 5.26 Å². The Morgan fingerprint density at radius 3 is 2.36 bits per heavy atom. The summed E-state index contributed by atoms with van der Waals surface area (Å²) in [5.74, 6) is 2.03. The quantitative estimate of drug-likeness (QED) is 0.652. The fraction of sp³-hybridized carbons (Fsp3) is 0.238. The molecule has 1 amide bonds. The zero-order valence-corrected chi connectivity index (χ0v) is 15.3. The zero-order chi connectivity index (χ0) is 18.1. The van der Waals surface area contributed by atoms with Crippen LogP contribution < -0.4 is 0 Å². The first-order valence-electron chi connectivity index (χ1n) is 8.23. The van der Waals surface area contributed by atoms with E-state index in [2.05, 4.69) is 19.6 Å². The van der Waals surface area contributed by atoms with Crippen LogP contribution in [0.5, 0.6) is 0 Å². The monoisotopic (exact) mass is 350 g/mol. The van der Waals surface area contributed by atoms with Gasteiger partial charge >= 0.3 is 0 Å². The Morgan fingerprint density at radius 1 is 1.16 bits per heavy atom. The predicted molar refractivity (Wildman–Crippen MR) is 104 cm³/mol. The molecule has 25 heavy (non-hydrogen) atoms. The molecule has 0 fully saturated rings. The minimum absolute atomic E-state index is 0.0149. The molecule has 2 aromatic rings. The maximum absolute atomic E-state index is 12.8. The number of rotatable bonds is 8. The van der Waals surface area contributed by atoms with E-state index in [0.29, 0.717) is 24.2 Å². The molecule has 0 bridgehead atoms. The standard InChI is InChI=1S/C21H22N2OS/c1-3-13-23(15-18-7-5-17(14-22)6-8-18)21(24)20-11-9-19(10-12-20)16-25-4-2/h3,5-12H,1,4,13,15-16H2,2H3. The maximum atomic E-state index is 12.8. The highest BCUT2D eigenvalue weighted by Gasteiger charge is 2.15. The van der Waals surface area contributed by atoms with Gasteiger partial charge in [-0.05, 0) is 41.1 Å². The van der Waals surface area contributed by atoms with Crippen LogP contribution in [0.15, 0.2) is 61.2 Å². The van der Waals surface area contributed by atoms with Crippen molar-refractivity contribution in [3.63, 3.8) is 0 Å². The molecule has 0 spiro atoms. The van der Waals surface area contributed by atoms with E-state index in [0.717, 1.165) is 17.1 Å². The molecule has 128 valence electrons. The van der Waals surface area contributed by atoms with Crippen LogP contribution in [-0.2, 0) is 12.3 Å². The van der Waals surface area contributed by atoms with E-state index in [1.165, 1.54) is 5.56 Å². The number of carbonyl (C=O) groups excluding carboxylic acids is 1. The van der Waals surface area contributed by atoms with Gasteiger partial charge in [0.1, 0.15) is 0 Å². The third kappa shape index (κ3) is 5.51. The highest BCUT2D eigenvalue weighted by molar-refractivity contribution is 7.98. The lowest BCUT2D eigenvalue weighted by Gasteiger charge is -2.21. The average Bonchev–Trinajstić information content (AvgIpc) is 2.66. The van der Waals surface area contributed by atoms with Crippen LogP contribution in [0.2, 0.25) is 0 Å². The van der Waals surface area contributed by atoms with E-state index >= 15 is 0 Å². The number of carbonyl (C=O) groups is 1. The third-order valence-electron chi connectivity index (χ3n) is 3.77. The number of nitrogens with zero attached hydrogens (tertiary/aromatic N) is 2. The van der Waals surface area contributed by atoms with Crippen molar-refractivity contribution in [2.75, 3.05) is 12.3 Å². The van der Waals surface area contributed by atoms with Gasteiger partial charge in [0.15, 0.2) is 0 Å². The number of hydrogen-bond acceptors (Lipinski definition) is 3. The molecule has 0 aliphatic rings. The van der Waals surface area contributed by atoms with Gasteiger partial charge in [0.2, 0.25) is 0 Å². The second-order valence-electron chi connectivity index (χ2n) is 5.62. The number of benzene rings is 2. The number of nitriles is 1. The van der Waals surface area contributed by atoms with E-state index in [1.54, 1.807) is 23.1 Å². The zero-order valence-electron chi connectivity index (χ0n) is 14.4. The first-order chi connectivity index (χ1) is 12.2. The summed E-state index contributed by atoms with van der Waals surface area (Å²) in [6.45, 7) is 6.86. The van der Waals surface area contributed by atoms with Gasteiger partial charge in [0.05, 0.1) is 11.6 Å². The van der Waals surface area contributed by atoms with Crippen LogP contribution in [0.4, 0.5) is 0 Å². The van der Waals surface area contributed by atoms with Crippen molar-refractivity contribution in [2.45, 2.75) is 19.2 Å². The molecule has 0 radical (unpaired) electrons. The Kier molecular flexibility index (Phi) is 7.31. The predicted octanol–water partition coefficient (Wildman–Crippen LogP) is 4.64. The second kappa shape index (κ2) is 9.71. The van der Waals surface area contributed by atoms with Gasteiger partial charge in [0.25, 0.3) is 5.91 Å². The van der Waals surface area contributed by atoms with Crippen molar-refractivity contribution >= 4 is 17.7 Å². The molecule has 0 atom stereocenters. The van der Waals surface area contributed by atoms with Gasteiger partial charge in [-0.15, -0.1) is 6.58 Å².